The van der Waals surface area contributed by atoms with Crippen LogP contribution in [-0.2, 0) is 31.7 Å². The van der Waals surface area contributed by atoms with Gasteiger partial charge in [0.05, 0.1) is 22.4 Å². The van der Waals surface area contributed by atoms with Crippen LogP contribution in [0.15, 0.2) is 97.1 Å². The Morgan fingerprint density at radius 1 is 0.413 bits per heavy atom. The molecular formula is C38H44B2N2O4. The minimum absolute atomic E-state index is 0.330. The van der Waals surface area contributed by atoms with Crippen LogP contribution < -0.4 is 9.62 Å². The summed E-state index contributed by atoms with van der Waals surface area (Å²) in [5.41, 5.74) is 8.72. The lowest BCUT2D eigenvalue weighted by Crippen LogP contribution is -2.43. The van der Waals surface area contributed by atoms with Crippen LogP contribution in [0, 0.1) is 0 Å². The van der Waals surface area contributed by atoms with Crippen LogP contribution in [0.4, 0.5) is 11.4 Å². The summed E-state index contributed by atoms with van der Waals surface area (Å²) in [5, 5.41) is 0. The highest BCUT2D eigenvalue weighted by molar-refractivity contribution is 6.51. The number of para-hydroxylation sites is 2. The third-order valence-electron chi connectivity index (χ3n) is 10.7. The largest absolute Gasteiger partial charge is 0.594 e. The summed E-state index contributed by atoms with van der Waals surface area (Å²) in [7, 11) is -0.732. The van der Waals surface area contributed by atoms with Crippen LogP contribution in [-0.4, -0.2) is 36.9 Å². The molecule has 4 aliphatic rings. The molecule has 0 radical (unpaired) electrons. The fraction of sp³-hybridized carbons (Fsp3) is 0.368. The Bertz CT molecular complexity index is 1610. The molecule has 0 bridgehead atoms. The summed E-state index contributed by atoms with van der Waals surface area (Å²) in [6.45, 7) is 18.3. The van der Waals surface area contributed by atoms with Crippen molar-refractivity contribution in [2.45, 2.75) is 90.9 Å². The zero-order valence-corrected chi connectivity index (χ0v) is 28.3. The molecule has 4 heterocycles. The third-order valence-corrected chi connectivity index (χ3v) is 10.7. The average Bonchev–Trinajstić information content (AvgIpc) is 3.39. The van der Waals surface area contributed by atoms with Gasteiger partial charge in [0, 0.05) is 35.6 Å². The fourth-order valence-electron chi connectivity index (χ4n) is 6.54. The van der Waals surface area contributed by atoms with E-state index < -0.39 is 0 Å². The molecule has 4 aromatic carbocycles. The Morgan fingerprint density at radius 2 is 0.696 bits per heavy atom. The van der Waals surface area contributed by atoms with Gasteiger partial charge in [-0.2, -0.15) is 0 Å². The van der Waals surface area contributed by atoms with Crippen LogP contribution in [0.25, 0.3) is 22.3 Å². The Hall–Kier alpha value is -3.55. The van der Waals surface area contributed by atoms with Crippen molar-refractivity contribution in [1.29, 1.82) is 0 Å². The van der Waals surface area contributed by atoms with E-state index in [1.165, 1.54) is 44.8 Å². The molecule has 0 aliphatic carbocycles. The fourth-order valence-corrected chi connectivity index (χ4v) is 6.54. The minimum atomic E-state index is -0.366. The highest BCUT2D eigenvalue weighted by atomic mass is 16.7. The Labute approximate surface area is 274 Å². The first kappa shape index (κ1) is 31.1. The van der Waals surface area contributed by atoms with E-state index in [4.69, 9.17) is 18.6 Å². The van der Waals surface area contributed by atoms with Crippen molar-refractivity contribution in [2.24, 2.45) is 0 Å². The van der Waals surface area contributed by atoms with Crippen LogP contribution >= 0.6 is 0 Å². The predicted molar refractivity (Wildman–Crippen MR) is 188 cm³/mol. The molecule has 4 aliphatic heterocycles. The lowest BCUT2D eigenvalue weighted by molar-refractivity contribution is 0.00578. The highest BCUT2D eigenvalue weighted by Crippen LogP contribution is 2.46. The topological polar surface area (TPSA) is 43.4 Å². The standard InChI is InChI=1S/2C19H22BNO2/c2*1-18(2)19(3,4)23-20(22-18)21-13-14-9-5-6-10-15(14)16-11-7-8-12-17(16)21/h2*5-12H,13H2,1-4H3. The van der Waals surface area contributed by atoms with E-state index in [1.54, 1.807) is 0 Å². The van der Waals surface area contributed by atoms with Gasteiger partial charge in [0.25, 0.3) is 0 Å². The van der Waals surface area contributed by atoms with Crippen molar-refractivity contribution in [3.63, 3.8) is 0 Å². The number of nitrogens with zero attached hydrogens (tertiary/aromatic N) is 2. The average molecular weight is 614 g/mol. The zero-order valence-electron chi connectivity index (χ0n) is 28.3. The van der Waals surface area contributed by atoms with Gasteiger partial charge in [-0.25, -0.2) is 0 Å². The number of benzene rings is 4. The summed E-state index contributed by atoms with van der Waals surface area (Å²) in [4.78, 5) is 4.46. The van der Waals surface area contributed by atoms with E-state index >= 15 is 0 Å². The van der Waals surface area contributed by atoms with E-state index in [0.29, 0.717) is 0 Å². The third kappa shape index (κ3) is 5.16. The first-order valence-corrected chi connectivity index (χ1v) is 16.4. The van der Waals surface area contributed by atoms with E-state index in [9.17, 15) is 0 Å². The summed E-state index contributed by atoms with van der Waals surface area (Å²) in [5.74, 6) is 0. The molecule has 0 spiro atoms. The SMILES string of the molecule is CC1(C)OB(N2Cc3ccccc3-c3ccccc32)OC1(C)C.CC1(C)OB(N2Cc3ccccc3-c3ccccc32)OC1(C)C. The molecule has 0 unspecified atom stereocenters. The van der Waals surface area contributed by atoms with Crippen molar-refractivity contribution >= 4 is 25.9 Å². The molecule has 0 saturated carbocycles. The molecule has 46 heavy (non-hydrogen) atoms. The molecule has 0 aromatic heterocycles. The molecule has 4 aromatic rings. The molecule has 6 nitrogen and oxygen atoms in total. The first-order valence-electron chi connectivity index (χ1n) is 16.4. The maximum atomic E-state index is 6.28. The van der Waals surface area contributed by atoms with Gasteiger partial charge in [-0.1, -0.05) is 84.9 Å². The molecular weight excluding hydrogens is 570 g/mol. The maximum absolute atomic E-state index is 6.28. The van der Waals surface area contributed by atoms with Gasteiger partial charge in [-0.3, -0.25) is 0 Å². The Balaban J connectivity index is 0.000000147. The molecule has 236 valence electrons. The lowest BCUT2D eigenvalue weighted by Gasteiger charge is -2.34. The van der Waals surface area contributed by atoms with Crippen molar-refractivity contribution in [2.75, 3.05) is 9.62 Å². The molecule has 0 atom stereocenters. The van der Waals surface area contributed by atoms with Gasteiger partial charge in [0.1, 0.15) is 0 Å². The molecule has 0 N–H and O–H groups in total. The monoisotopic (exact) mass is 614 g/mol. The predicted octanol–water partition coefficient (Wildman–Crippen LogP) is 8.53. The second-order valence-corrected chi connectivity index (χ2v) is 14.7. The van der Waals surface area contributed by atoms with Gasteiger partial charge in [0.2, 0.25) is 0 Å². The molecule has 0 amide bonds. The minimum Gasteiger partial charge on any atom is -0.384 e. The van der Waals surface area contributed by atoms with Gasteiger partial charge in [-0.05, 0) is 89.8 Å². The van der Waals surface area contributed by atoms with Gasteiger partial charge < -0.3 is 28.2 Å². The Morgan fingerprint density at radius 3 is 1.04 bits per heavy atom. The van der Waals surface area contributed by atoms with Gasteiger partial charge in [-0.15, -0.1) is 0 Å². The van der Waals surface area contributed by atoms with Crippen LogP contribution in [0.3, 0.4) is 0 Å². The second-order valence-electron chi connectivity index (χ2n) is 14.7. The summed E-state index contributed by atoms with van der Waals surface area (Å²) in [6, 6.07) is 34.1. The summed E-state index contributed by atoms with van der Waals surface area (Å²) >= 11 is 0. The number of hydrogen-bond acceptors (Lipinski definition) is 6. The number of fused-ring (bicyclic) bond motifs is 6. The Kier molecular flexibility index (Phi) is 7.44. The normalized spacial score (nSPS) is 21.0. The maximum Gasteiger partial charge on any atom is 0.594 e. The number of anilines is 2. The molecule has 8 rings (SSSR count). The van der Waals surface area contributed by atoms with Crippen molar-refractivity contribution in [3.05, 3.63) is 108 Å². The second kappa shape index (κ2) is 11.0. The molecule has 8 heteroatoms. The van der Waals surface area contributed by atoms with Crippen LogP contribution in [0.5, 0.6) is 0 Å². The number of hydrogen-bond donors (Lipinski definition) is 0. The molecule has 2 fully saturated rings. The van der Waals surface area contributed by atoms with Crippen molar-refractivity contribution in [3.8, 4) is 22.3 Å². The number of rotatable bonds is 2. The first-order chi connectivity index (χ1) is 21.8. The highest BCUT2D eigenvalue weighted by Gasteiger charge is 2.56. The lowest BCUT2D eigenvalue weighted by atomic mass is 9.88. The summed E-state index contributed by atoms with van der Waals surface area (Å²) in [6.07, 6.45) is 0. The van der Waals surface area contributed by atoms with E-state index in [1.807, 2.05) is 0 Å². The van der Waals surface area contributed by atoms with Crippen molar-refractivity contribution in [1.82, 2.24) is 0 Å². The smallest absolute Gasteiger partial charge is 0.384 e. The zero-order chi connectivity index (χ0) is 32.5. The summed E-state index contributed by atoms with van der Waals surface area (Å²) < 4.78 is 25.1. The van der Waals surface area contributed by atoms with E-state index in [0.717, 1.165) is 13.1 Å². The van der Waals surface area contributed by atoms with Crippen LogP contribution in [0.2, 0.25) is 0 Å². The van der Waals surface area contributed by atoms with E-state index in [-0.39, 0.29) is 36.9 Å². The van der Waals surface area contributed by atoms with Gasteiger partial charge in [0.15, 0.2) is 0 Å². The van der Waals surface area contributed by atoms with Gasteiger partial charge >= 0.3 is 14.5 Å². The quantitative estimate of drug-likeness (QED) is 0.211. The van der Waals surface area contributed by atoms with Crippen molar-refractivity contribution < 1.29 is 18.6 Å². The van der Waals surface area contributed by atoms with Crippen LogP contribution in [0.1, 0.15) is 66.5 Å². The van der Waals surface area contributed by atoms with E-state index in [2.05, 4.69) is 162 Å². The molecule has 2 saturated heterocycles.